The van der Waals surface area contributed by atoms with Gasteiger partial charge in [0.05, 0.1) is 0 Å². The Labute approximate surface area is 170 Å². The number of allylic oxidation sites excluding steroid dienone is 2. The van der Waals surface area contributed by atoms with Gasteiger partial charge in [0.15, 0.2) is 0 Å². The van der Waals surface area contributed by atoms with E-state index >= 15 is 0 Å². The van der Waals surface area contributed by atoms with Gasteiger partial charge in [-0.05, 0) is 54.0 Å². The topological polar surface area (TPSA) is 15.6 Å². The van der Waals surface area contributed by atoms with Crippen LogP contribution in [-0.2, 0) is 0 Å². The zero-order valence-electron chi connectivity index (χ0n) is 17.5. The third-order valence-corrected chi connectivity index (χ3v) is 5.53. The second kappa shape index (κ2) is 9.54. The number of rotatable bonds is 6. The van der Waals surface area contributed by atoms with E-state index in [0.29, 0.717) is 5.92 Å². The van der Waals surface area contributed by atoms with Gasteiger partial charge in [-0.1, -0.05) is 75.0 Å². The Morgan fingerprint density at radius 1 is 1.04 bits per heavy atom. The summed E-state index contributed by atoms with van der Waals surface area (Å²) in [5.41, 5.74) is 6.32. The molecule has 1 aliphatic carbocycles. The van der Waals surface area contributed by atoms with Crippen molar-refractivity contribution in [2.24, 2.45) is 4.99 Å². The van der Waals surface area contributed by atoms with Gasteiger partial charge >= 0.3 is 0 Å². The molecular weight excluding hydrogens is 340 g/mol. The summed E-state index contributed by atoms with van der Waals surface area (Å²) in [5.74, 6) is 1.45. The first kappa shape index (κ1) is 20.1. The van der Waals surface area contributed by atoms with Gasteiger partial charge in [-0.3, -0.25) is 0 Å². The number of nitrogens with zero attached hydrogens (tertiary/aromatic N) is 2. The van der Waals surface area contributed by atoms with Crippen molar-refractivity contribution < 1.29 is 0 Å². The molecule has 1 unspecified atom stereocenters. The number of amidine groups is 1. The van der Waals surface area contributed by atoms with Crippen LogP contribution >= 0.6 is 0 Å². The van der Waals surface area contributed by atoms with Gasteiger partial charge in [0.25, 0.3) is 0 Å². The molecule has 2 heteroatoms. The molecule has 0 saturated carbocycles. The largest absolute Gasteiger partial charge is 0.360 e. The van der Waals surface area contributed by atoms with Crippen LogP contribution in [0.3, 0.4) is 0 Å². The number of fused-ring (bicyclic) bond motifs is 1. The van der Waals surface area contributed by atoms with E-state index < -0.39 is 0 Å². The molecule has 0 bridgehead atoms. The molecule has 0 saturated heterocycles. The second-order valence-electron chi connectivity index (χ2n) is 7.55. The van der Waals surface area contributed by atoms with Gasteiger partial charge < -0.3 is 4.90 Å². The van der Waals surface area contributed by atoms with Crippen LogP contribution in [0, 0.1) is 0 Å². The Bertz CT molecular complexity index is 855. The van der Waals surface area contributed by atoms with Gasteiger partial charge in [0.2, 0.25) is 0 Å². The average molecular weight is 373 g/mol. The SMILES string of the molecule is C=C1/C(=C\N=C(C)N(CCC)CCC)CC(c2ccccc2)c2ccccc21. The van der Waals surface area contributed by atoms with Crippen LogP contribution in [0.5, 0.6) is 0 Å². The molecule has 3 rings (SSSR count). The van der Waals surface area contributed by atoms with Crippen LogP contribution in [0.25, 0.3) is 5.57 Å². The van der Waals surface area contributed by atoms with Gasteiger partial charge in [-0.15, -0.1) is 0 Å². The van der Waals surface area contributed by atoms with E-state index in [1.807, 2.05) is 0 Å². The summed E-state index contributed by atoms with van der Waals surface area (Å²) in [6.07, 6.45) is 5.28. The standard InChI is InChI=1S/C26H32N2/c1-5-16-28(17-6-2)21(4)27-19-23-18-26(22-12-8-7-9-13-22)25-15-11-10-14-24(25)20(23)3/h7-15,19,26H,3,5-6,16-18H2,1-2,4H3/b23-19-,27-21?. The minimum atomic E-state index is 0.354. The maximum atomic E-state index is 4.86. The van der Waals surface area contributed by atoms with Gasteiger partial charge in [-0.2, -0.15) is 0 Å². The molecule has 0 heterocycles. The molecule has 1 atom stereocenters. The highest BCUT2D eigenvalue weighted by molar-refractivity contribution is 5.84. The molecule has 0 spiro atoms. The van der Waals surface area contributed by atoms with Crippen LogP contribution in [0.4, 0.5) is 0 Å². The van der Waals surface area contributed by atoms with Gasteiger partial charge in [0.1, 0.15) is 5.84 Å². The molecule has 2 aromatic rings. The van der Waals surface area contributed by atoms with Crippen molar-refractivity contribution in [1.29, 1.82) is 0 Å². The summed E-state index contributed by atoms with van der Waals surface area (Å²) < 4.78 is 0. The quantitative estimate of drug-likeness (QED) is 0.409. The minimum Gasteiger partial charge on any atom is -0.360 e. The molecule has 0 amide bonds. The van der Waals surface area contributed by atoms with Crippen molar-refractivity contribution in [1.82, 2.24) is 4.90 Å². The summed E-state index contributed by atoms with van der Waals surface area (Å²) in [5, 5.41) is 0. The molecule has 2 nitrogen and oxygen atoms in total. The lowest BCUT2D eigenvalue weighted by molar-refractivity contribution is 0.414. The highest BCUT2D eigenvalue weighted by Gasteiger charge is 2.26. The van der Waals surface area contributed by atoms with Crippen molar-refractivity contribution in [3.63, 3.8) is 0 Å². The van der Waals surface area contributed by atoms with Crippen molar-refractivity contribution in [2.45, 2.75) is 46.0 Å². The first-order valence-corrected chi connectivity index (χ1v) is 10.5. The molecular formula is C26H32N2. The molecule has 2 aromatic carbocycles. The minimum absolute atomic E-state index is 0.354. The molecule has 1 aliphatic rings. The van der Waals surface area contributed by atoms with Crippen LogP contribution in [0.1, 0.15) is 62.6 Å². The number of hydrogen-bond acceptors (Lipinski definition) is 1. The van der Waals surface area contributed by atoms with E-state index in [2.05, 4.69) is 93.0 Å². The number of aliphatic imine (C=N–C) groups is 1. The van der Waals surface area contributed by atoms with E-state index in [1.54, 1.807) is 0 Å². The van der Waals surface area contributed by atoms with E-state index in [1.165, 1.54) is 22.3 Å². The predicted molar refractivity (Wildman–Crippen MR) is 122 cm³/mol. The fraction of sp³-hybridized carbons (Fsp3) is 0.346. The van der Waals surface area contributed by atoms with Crippen LogP contribution < -0.4 is 0 Å². The first-order valence-electron chi connectivity index (χ1n) is 10.5. The Morgan fingerprint density at radius 3 is 2.36 bits per heavy atom. The van der Waals surface area contributed by atoms with E-state index in [4.69, 9.17) is 4.99 Å². The lowest BCUT2D eigenvalue weighted by Crippen LogP contribution is -2.30. The van der Waals surface area contributed by atoms with Crippen LogP contribution in [0.15, 0.2) is 77.9 Å². The van der Waals surface area contributed by atoms with Gasteiger partial charge in [0, 0.05) is 25.2 Å². The maximum Gasteiger partial charge on any atom is 0.101 e. The first-order chi connectivity index (χ1) is 13.7. The predicted octanol–water partition coefficient (Wildman–Crippen LogP) is 6.66. The average Bonchev–Trinajstić information content (AvgIpc) is 2.73. The van der Waals surface area contributed by atoms with Crippen molar-refractivity contribution in [3.8, 4) is 0 Å². The molecule has 28 heavy (non-hydrogen) atoms. The summed E-state index contributed by atoms with van der Waals surface area (Å²) in [6.45, 7) is 13.1. The molecule has 0 N–H and O–H groups in total. The van der Waals surface area contributed by atoms with Crippen molar-refractivity contribution >= 4 is 11.4 Å². The fourth-order valence-corrected chi connectivity index (χ4v) is 4.04. The highest BCUT2D eigenvalue weighted by Crippen LogP contribution is 2.43. The summed E-state index contributed by atoms with van der Waals surface area (Å²) in [6, 6.07) is 19.5. The van der Waals surface area contributed by atoms with Crippen molar-refractivity contribution in [2.75, 3.05) is 13.1 Å². The molecule has 0 aliphatic heterocycles. The fourth-order valence-electron chi connectivity index (χ4n) is 4.04. The van der Waals surface area contributed by atoms with Gasteiger partial charge in [-0.25, -0.2) is 4.99 Å². The molecule has 0 aromatic heterocycles. The summed E-state index contributed by atoms with van der Waals surface area (Å²) >= 11 is 0. The summed E-state index contributed by atoms with van der Waals surface area (Å²) in [4.78, 5) is 7.24. The van der Waals surface area contributed by atoms with E-state index in [9.17, 15) is 0 Å². The highest BCUT2D eigenvalue weighted by atomic mass is 15.2. The third-order valence-electron chi connectivity index (χ3n) is 5.53. The van der Waals surface area contributed by atoms with Crippen molar-refractivity contribution in [3.05, 3.63) is 89.6 Å². The van der Waals surface area contributed by atoms with E-state index in [0.717, 1.165) is 43.8 Å². The Balaban J connectivity index is 1.95. The number of hydrogen-bond donors (Lipinski definition) is 0. The molecule has 0 radical (unpaired) electrons. The van der Waals surface area contributed by atoms with Crippen LogP contribution in [-0.4, -0.2) is 23.8 Å². The third kappa shape index (κ3) is 4.44. The summed E-state index contributed by atoms with van der Waals surface area (Å²) in [7, 11) is 0. The van der Waals surface area contributed by atoms with E-state index in [-0.39, 0.29) is 0 Å². The molecule has 146 valence electrons. The monoisotopic (exact) mass is 372 g/mol. The smallest absolute Gasteiger partial charge is 0.101 e. The maximum absolute atomic E-state index is 4.86. The second-order valence-corrected chi connectivity index (χ2v) is 7.55. The lowest BCUT2D eigenvalue weighted by atomic mass is 9.75. The Morgan fingerprint density at radius 2 is 1.68 bits per heavy atom. The Hall–Kier alpha value is -2.61. The lowest BCUT2D eigenvalue weighted by Gasteiger charge is -2.29. The number of benzene rings is 2. The molecule has 0 fully saturated rings. The zero-order chi connectivity index (χ0) is 19.9. The normalized spacial score (nSPS) is 18.2. The Kier molecular flexibility index (Phi) is 6.86. The van der Waals surface area contributed by atoms with Crippen LogP contribution in [0.2, 0.25) is 0 Å². The zero-order valence-corrected chi connectivity index (χ0v) is 17.5.